The Morgan fingerprint density at radius 3 is 2.33 bits per heavy atom. The van der Waals surface area contributed by atoms with Crippen LogP contribution >= 0.6 is 0 Å². The van der Waals surface area contributed by atoms with Gasteiger partial charge < -0.3 is 0 Å². The molecule has 1 aromatic rings. The Morgan fingerprint density at radius 2 is 1.83 bits per heavy atom. The molecule has 0 saturated heterocycles. The van der Waals surface area contributed by atoms with E-state index in [0.29, 0.717) is 0 Å². The molecule has 1 rings (SSSR count). The minimum absolute atomic E-state index is 0.999. The second kappa shape index (κ2) is 4.25. The Labute approximate surface area is 78.0 Å². The number of nitrogens with two attached hydrogens (primary N) is 1. The van der Waals surface area contributed by atoms with Crippen LogP contribution in [0.4, 0.5) is 0 Å². The van der Waals surface area contributed by atoms with Gasteiger partial charge >= 0.3 is 78.0 Å². The van der Waals surface area contributed by atoms with Gasteiger partial charge in [-0.05, 0) is 0 Å². The van der Waals surface area contributed by atoms with Gasteiger partial charge in [-0.1, -0.05) is 0 Å². The van der Waals surface area contributed by atoms with Crippen LogP contribution < -0.4 is 14.8 Å². The van der Waals surface area contributed by atoms with Crippen LogP contribution in [0.2, 0.25) is 9.88 Å². The molecule has 0 aliphatic rings. The predicted molar refractivity (Wildman–Crippen MR) is 55.7 cm³/mol. The van der Waals surface area contributed by atoms with Gasteiger partial charge in [-0.15, -0.1) is 0 Å². The Morgan fingerprint density at radius 1 is 1.25 bits per heavy atom. The molecule has 1 aromatic carbocycles. The second-order valence-corrected chi connectivity index (χ2v) is 17.0. The molecule has 0 radical (unpaired) electrons. The van der Waals surface area contributed by atoms with E-state index in [4.69, 9.17) is 5.84 Å². The van der Waals surface area contributed by atoms with E-state index in [1.807, 2.05) is 0 Å². The van der Waals surface area contributed by atoms with Gasteiger partial charge in [0, 0.05) is 0 Å². The van der Waals surface area contributed by atoms with Crippen molar-refractivity contribution in [3.8, 4) is 0 Å². The fraction of sp³-hybridized carbons (Fsp3) is 0.333. The van der Waals surface area contributed by atoms with E-state index in [1.54, 1.807) is 0 Å². The summed E-state index contributed by atoms with van der Waals surface area (Å²) in [6.07, 6.45) is 0. The summed E-state index contributed by atoms with van der Waals surface area (Å²) in [4.78, 5) is 4.76. The third-order valence-corrected chi connectivity index (χ3v) is 10.6. The molecule has 0 bridgehead atoms. The Kier molecular flexibility index (Phi) is 3.55. The van der Waals surface area contributed by atoms with Crippen LogP contribution in [-0.2, 0) is 0 Å². The second-order valence-electron chi connectivity index (χ2n) is 3.63. The molecule has 0 spiro atoms. The molecule has 12 heavy (non-hydrogen) atoms. The summed E-state index contributed by atoms with van der Waals surface area (Å²) in [5, 5.41) is 0. The van der Waals surface area contributed by atoms with Gasteiger partial charge in [-0.2, -0.15) is 0 Å². The van der Waals surface area contributed by atoms with Gasteiger partial charge in [0.15, 0.2) is 0 Å². The Hall–Kier alpha value is -0.0613. The standard InChI is InChI=1S/C6H5.CH5N2.2CH3.Sn/c1-2-4-6-5-3-1;1-3-2;;;/h1-5H;3H,1-2H2;2*1H3;. The van der Waals surface area contributed by atoms with E-state index >= 15 is 0 Å². The molecule has 0 amide bonds. The summed E-state index contributed by atoms with van der Waals surface area (Å²) in [5.74, 6) is 5.35. The number of rotatable bonds is 3. The maximum absolute atomic E-state index is 5.35. The summed E-state index contributed by atoms with van der Waals surface area (Å²) in [5.41, 5.74) is 2.80. The van der Waals surface area contributed by atoms with Crippen LogP contribution in [0, 0.1) is 0 Å². The van der Waals surface area contributed by atoms with Crippen molar-refractivity contribution in [1.29, 1.82) is 0 Å². The molecule has 3 N–H and O–H groups in total. The topological polar surface area (TPSA) is 38.0 Å². The molecule has 0 aromatic heterocycles. The summed E-state index contributed by atoms with van der Waals surface area (Å²) in [7, 11) is 0. The summed E-state index contributed by atoms with van der Waals surface area (Å²) >= 11 is -2.04. The van der Waals surface area contributed by atoms with E-state index in [2.05, 4.69) is 45.6 Å². The van der Waals surface area contributed by atoms with Gasteiger partial charge in [0.1, 0.15) is 0 Å². The third kappa shape index (κ3) is 2.47. The van der Waals surface area contributed by atoms with E-state index in [0.717, 1.165) is 4.56 Å². The monoisotopic (exact) mass is 272 g/mol. The van der Waals surface area contributed by atoms with Crippen molar-refractivity contribution >= 4 is 22.0 Å². The fourth-order valence-corrected chi connectivity index (χ4v) is 6.41. The first-order chi connectivity index (χ1) is 5.67. The molecule has 0 atom stereocenters. The van der Waals surface area contributed by atoms with E-state index < -0.39 is 18.4 Å². The van der Waals surface area contributed by atoms with Crippen LogP contribution in [0.3, 0.4) is 0 Å². The van der Waals surface area contributed by atoms with Crippen LogP contribution in [0.5, 0.6) is 0 Å². The molecule has 0 fully saturated rings. The first-order valence-electron chi connectivity index (χ1n) is 4.16. The van der Waals surface area contributed by atoms with Gasteiger partial charge in [-0.3, -0.25) is 0 Å². The van der Waals surface area contributed by atoms with Crippen molar-refractivity contribution in [2.75, 3.05) is 4.56 Å². The summed E-state index contributed by atoms with van der Waals surface area (Å²) in [6.45, 7) is 0. The van der Waals surface area contributed by atoms with Crippen LogP contribution in [0.25, 0.3) is 0 Å². The van der Waals surface area contributed by atoms with E-state index in [1.165, 1.54) is 3.58 Å². The maximum atomic E-state index is 5.35. The molecule has 0 unspecified atom stereocenters. The Balaban J connectivity index is 2.82. The van der Waals surface area contributed by atoms with Crippen molar-refractivity contribution in [1.82, 2.24) is 5.43 Å². The zero-order chi connectivity index (χ0) is 9.03. The fourth-order valence-electron chi connectivity index (χ4n) is 1.25. The molecule has 0 heterocycles. The van der Waals surface area contributed by atoms with Gasteiger partial charge in [0.25, 0.3) is 0 Å². The molecule has 0 aliphatic carbocycles. The zero-order valence-corrected chi connectivity index (χ0v) is 10.5. The van der Waals surface area contributed by atoms with Crippen molar-refractivity contribution in [3.63, 3.8) is 0 Å². The number of hydrogen-bond donors (Lipinski definition) is 2. The van der Waals surface area contributed by atoms with Crippen molar-refractivity contribution in [2.45, 2.75) is 9.88 Å². The van der Waals surface area contributed by atoms with Gasteiger partial charge in [0.05, 0.1) is 0 Å². The quantitative estimate of drug-likeness (QED) is 0.480. The first kappa shape index (κ1) is 10.0. The Bertz CT molecular complexity index is 234. The number of nitrogens with one attached hydrogen (secondary N) is 1. The van der Waals surface area contributed by atoms with Crippen LogP contribution in [0.1, 0.15) is 0 Å². The molecule has 66 valence electrons. The predicted octanol–water partition coefficient (Wildman–Crippen LogP) is 0.605. The zero-order valence-electron chi connectivity index (χ0n) is 7.67. The van der Waals surface area contributed by atoms with Crippen LogP contribution in [-0.4, -0.2) is 22.9 Å². The molecule has 3 heteroatoms. The van der Waals surface area contributed by atoms with E-state index in [9.17, 15) is 0 Å². The molecule has 0 saturated carbocycles. The first-order valence-corrected chi connectivity index (χ1v) is 13.3. The minimum atomic E-state index is -2.04. The van der Waals surface area contributed by atoms with Gasteiger partial charge in [-0.25, -0.2) is 0 Å². The molecular formula is C9H16N2Sn. The number of hydrogen-bond acceptors (Lipinski definition) is 2. The van der Waals surface area contributed by atoms with Crippen molar-refractivity contribution in [3.05, 3.63) is 30.3 Å². The molecule has 2 nitrogen and oxygen atoms in total. The molecular weight excluding hydrogens is 255 g/mol. The van der Waals surface area contributed by atoms with Crippen LogP contribution in [0.15, 0.2) is 30.3 Å². The summed E-state index contributed by atoms with van der Waals surface area (Å²) in [6, 6.07) is 10.7. The average Bonchev–Trinajstić information content (AvgIpc) is 2.06. The molecule has 0 aliphatic heterocycles. The van der Waals surface area contributed by atoms with Gasteiger partial charge in [0.2, 0.25) is 0 Å². The van der Waals surface area contributed by atoms with Crippen molar-refractivity contribution < 1.29 is 0 Å². The average molecular weight is 271 g/mol. The van der Waals surface area contributed by atoms with E-state index in [-0.39, 0.29) is 0 Å². The SMILES string of the molecule is [CH3][Sn]([CH3])([CH2]NN)[c]1ccccc1. The summed E-state index contributed by atoms with van der Waals surface area (Å²) < 4.78 is 2.52. The van der Waals surface area contributed by atoms with Crippen molar-refractivity contribution in [2.24, 2.45) is 5.84 Å². The number of hydrazine groups is 1. The third-order valence-electron chi connectivity index (χ3n) is 2.10. The normalized spacial score (nSPS) is 11.6. The number of benzene rings is 1.